The zero-order chi connectivity index (χ0) is 20.9. The number of hydrogen-bond donors (Lipinski definition) is 0. The lowest BCUT2D eigenvalue weighted by Crippen LogP contribution is -2.48. The third kappa shape index (κ3) is 4.94. The molecule has 0 radical (unpaired) electrons. The molecule has 2 aromatic rings. The van der Waals surface area contributed by atoms with E-state index in [0.29, 0.717) is 23.5 Å². The predicted octanol–water partition coefficient (Wildman–Crippen LogP) is 5.51. The molecular formula is C25H35N3O2. The van der Waals surface area contributed by atoms with E-state index in [0.717, 1.165) is 37.8 Å². The summed E-state index contributed by atoms with van der Waals surface area (Å²) in [5.74, 6) is 0.736. The van der Waals surface area contributed by atoms with Crippen molar-refractivity contribution in [3.8, 4) is 11.3 Å². The Morgan fingerprint density at radius 2 is 1.60 bits per heavy atom. The van der Waals surface area contributed by atoms with Crippen molar-refractivity contribution >= 4 is 5.91 Å². The first-order chi connectivity index (χ1) is 14.6. The molecule has 0 spiro atoms. The van der Waals surface area contributed by atoms with Gasteiger partial charge < -0.3 is 14.3 Å². The van der Waals surface area contributed by atoms with Crippen molar-refractivity contribution in [2.45, 2.75) is 82.8 Å². The second kappa shape index (κ2) is 9.78. The van der Waals surface area contributed by atoms with Crippen molar-refractivity contribution in [2.75, 3.05) is 14.1 Å². The molecule has 0 saturated heterocycles. The van der Waals surface area contributed by atoms with Crippen LogP contribution < -0.4 is 0 Å². The lowest BCUT2D eigenvalue weighted by molar-refractivity contribution is 0.0438. The lowest BCUT2D eigenvalue weighted by Gasteiger charge is -2.41. The zero-order valence-corrected chi connectivity index (χ0v) is 18.5. The number of benzene rings is 1. The maximum Gasteiger partial charge on any atom is 0.276 e. The van der Waals surface area contributed by atoms with Gasteiger partial charge in [0.25, 0.3) is 5.91 Å². The minimum atomic E-state index is 0.0632. The number of hydrogen-bond acceptors (Lipinski definition) is 4. The fraction of sp³-hybridized carbons (Fsp3) is 0.600. The first-order valence-electron chi connectivity index (χ1n) is 11.7. The van der Waals surface area contributed by atoms with E-state index in [1.54, 1.807) is 0 Å². The highest BCUT2D eigenvalue weighted by Crippen LogP contribution is 2.32. The Balaban J connectivity index is 1.56. The molecule has 5 heteroatoms. The van der Waals surface area contributed by atoms with E-state index in [2.05, 4.69) is 41.2 Å². The van der Waals surface area contributed by atoms with Gasteiger partial charge in [0.05, 0.1) is 0 Å². The summed E-state index contributed by atoms with van der Waals surface area (Å²) in [6, 6.07) is 10.9. The maximum atomic E-state index is 13.6. The molecule has 5 nitrogen and oxygen atoms in total. The van der Waals surface area contributed by atoms with Gasteiger partial charge in [-0.3, -0.25) is 4.79 Å². The number of carbonyl (C=O) groups excluding carboxylic acids is 1. The van der Waals surface area contributed by atoms with Crippen LogP contribution in [0.2, 0.25) is 0 Å². The molecule has 0 unspecified atom stereocenters. The van der Waals surface area contributed by atoms with Gasteiger partial charge in [0, 0.05) is 30.3 Å². The molecule has 0 atom stereocenters. The van der Waals surface area contributed by atoms with Crippen molar-refractivity contribution in [1.82, 2.24) is 15.0 Å². The Labute approximate surface area is 180 Å². The smallest absolute Gasteiger partial charge is 0.276 e. The van der Waals surface area contributed by atoms with Crippen LogP contribution in [0.5, 0.6) is 0 Å². The summed E-state index contributed by atoms with van der Waals surface area (Å²) in [5, 5.41) is 4.22. The van der Waals surface area contributed by atoms with Gasteiger partial charge in [-0.05, 0) is 51.4 Å². The molecule has 2 aliphatic rings. The SMILES string of the molecule is CN(C)Cc1cccc(-c2cc(C(=O)N(C3CCCCC3)C3CCCCC3)no2)c1. The highest BCUT2D eigenvalue weighted by molar-refractivity contribution is 5.93. The van der Waals surface area contributed by atoms with Crippen LogP contribution in [0.15, 0.2) is 34.9 Å². The number of amides is 1. The zero-order valence-electron chi connectivity index (χ0n) is 18.5. The van der Waals surface area contributed by atoms with Crippen LogP contribution in [0.3, 0.4) is 0 Å². The monoisotopic (exact) mass is 409 g/mol. The largest absolute Gasteiger partial charge is 0.355 e. The average Bonchev–Trinajstić information content (AvgIpc) is 3.26. The van der Waals surface area contributed by atoms with E-state index in [1.807, 2.05) is 18.2 Å². The molecule has 2 aliphatic carbocycles. The van der Waals surface area contributed by atoms with E-state index in [-0.39, 0.29) is 5.91 Å². The van der Waals surface area contributed by atoms with Crippen LogP contribution in [-0.2, 0) is 6.54 Å². The van der Waals surface area contributed by atoms with Crippen molar-refractivity contribution in [1.29, 1.82) is 0 Å². The molecule has 1 aromatic carbocycles. The third-order valence-electron chi connectivity index (χ3n) is 6.61. The summed E-state index contributed by atoms with van der Waals surface area (Å²) in [5.41, 5.74) is 2.65. The van der Waals surface area contributed by atoms with E-state index in [4.69, 9.17) is 4.52 Å². The molecule has 0 N–H and O–H groups in total. The fourth-order valence-corrected chi connectivity index (χ4v) is 5.18. The van der Waals surface area contributed by atoms with Gasteiger partial charge in [-0.2, -0.15) is 0 Å². The topological polar surface area (TPSA) is 49.6 Å². The second-order valence-corrected chi connectivity index (χ2v) is 9.31. The molecule has 2 fully saturated rings. The predicted molar refractivity (Wildman–Crippen MR) is 119 cm³/mol. The summed E-state index contributed by atoms with van der Waals surface area (Å²) in [7, 11) is 4.12. The highest BCUT2D eigenvalue weighted by atomic mass is 16.5. The van der Waals surface area contributed by atoms with E-state index < -0.39 is 0 Å². The molecule has 0 aliphatic heterocycles. The molecule has 0 bridgehead atoms. The standard InChI is InChI=1S/C25H35N3O2/c1-27(2)18-19-10-9-11-20(16-19)24-17-23(26-30-24)25(29)28(21-12-5-3-6-13-21)22-14-7-4-8-15-22/h9-11,16-17,21-22H,3-8,12-15,18H2,1-2H3. The van der Waals surface area contributed by atoms with E-state index in [9.17, 15) is 4.79 Å². The average molecular weight is 410 g/mol. The first kappa shape index (κ1) is 21.1. The molecule has 30 heavy (non-hydrogen) atoms. The van der Waals surface area contributed by atoms with Crippen molar-refractivity contribution in [3.63, 3.8) is 0 Å². The van der Waals surface area contributed by atoms with Gasteiger partial charge in [-0.15, -0.1) is 0 Å². The van der Waals surface area contributed by atoms with Crippen LogP contribution in [0.1, 0.15) is 80.3 Å². The normalized spacial score (nSPS) is 18.6. The van der Waals surface area contributed by atoms with Gasteiger partial charge in [0.2, 0.25) is 0 Å². The van der Waals surface area contributed by atoms with Crippen LogP contribution in [-0.4, -0.2) is 47.0 Å². The second-order valence-electron chi connectivity index (χ2n) is 9.31. The molecule has 162 valence electrons. The van der Waals surface area contributed by atoms with E-state index in [1.165, 1.54) is 44.1 Å². The van der Waals surface area contributed by atoms with Gasteiger partial charge in [-0.1, -0.05) is 61.9 Å². The molecule has 1 aromatic heterocycles. The minimum Gasteiger partial charge on any atom is -0.355 e. The molecule has 4 rings (SSSR count). The van der Waals surface area contributed by atoms with Crippen molar-refractivity contribution < 1.29 is 9.32 Å². The van der Waals surface area contributed by atoms with Crippen LogP contribution in [0.4, 0.5) is 0 Å². The number of nitrogens with zero attached hydrogens (tertiary/aromatic N) is 3. The Bertz CT molecular complexity index is 814. The Morgan fingerprint density at radius 1 is 0.967 bits per heavy atom. The molecule has 1 amide bonds. The maximum absolute atomic E-state index is 13.6. The quantitative estimate of drug-likeness (QED) is 0.631. The summed E-state index contributed by atoms with van der Waals surface area (Å²) < 4.78 is 5.65. The Hall–Kier alpha value is -2.14. The van der Waals surface area contributed by atoms with Gasteiger partial charge in [-0.25, -0.2) is 0 Å². The van der Waals surface area contributed by atoms with Crippen molar-refractivity contribution in [2.24, 2.45) is 0 Å². The molecule has 2 saturated carbocycles. The van der Waals surface area contributed by atoms with Gasteiger partial charge in [0.1, 0.15) is 0 Å². The van der Waals surface area contributed by atoms with E-state index >= 15 is 0 Å². The summed E-state index contributed by atoms with van der Waals surface area (Å²) in [4.78, 5) is 17.9. The van der Waals surface area contributed by atoms with Gasteiger partial charge in [0.15, 0.2) is 11.5 Å². The van der Waals surface area contributed by atoms with Gasteiger partial charge >= 0.3 is 0 Å². The van der Waals surface area contributed by atoms with Crippen LogP contribution in [0.25, 0.3) is 11.3 Å². The van der Waals surface area contributed by atoms with Crippen LogP contribution in [0, 0.1) is 0 Å². The van der Waals surface area contributed by atoms with Crippen molar-refractivity contribution in [3.05, 3.63) is 41.6 Å². The number of carbonyl (C=O) groups is 1. The number of rotatable bonds is 6. The molecule has 1 heterocycles. The highest BCUT2D eigenvalue weighted by Gasteiger charge is 2.34. The molecular weight excluding hydrogens is 374 g/mol. The fourth-order valence-electron chi connectivity index (χ4n) is 5.18. The Kier molecular flexibility index (Phi) is 6.88. The number of aromatic nitrogens is 1. The summed E-state index contributed by atoms with van der Waals surface area (Å²) in [6.45, 7) is 0.866. The Morgan fingerprint density at radius 3 is 2.20 bits per heavy atom. The van der Waals surface area contributed by atoms with Crippen LogP contribution >= 0.6 is 0 Å². The minimum absolute atomic E-state index is 0.0632. The third-order valence-corrected chi connectivity index (χ3v) is 6.61. The lowest BCUT2D eigenvalue weighted by atomic mass is 9.88. The first-order valence-corrected chi connectivity index (χ1v) is 11.7. The summed E-state index contributed by atoms with van der Waals surface area (Å²) in [6.07, 6.45) is 12.0. The summed E-state index contributed by atoms with van der Waals surface area (Å²) >= 11 is 0.